The second kappa shape index (κ2) is 17.4. The Hall–Kier alpha value is 0.0169. The van der Waals surface area contributed by atoms with E-state index in [1.165, 1.54) is 25.7 Å². The average Bonchev–Trinajstić information content (AvgIpc) is 2.32. The molecule has 0 aromatic rings. The zero-order valence-electron chi connectivity index (χ0n) is 11.1. The van der Waals surface area contributed by atoms with Crippen molar-refractivity contribution in [3.63, 3.8) is 0 Å². The van der Waals surface area contributed by atoms with Crippen LogP contribution in [0.3, 0.4) is 0 Å². The van der Waals surface area contributed by atoms with Gasteiger partial charge in [0, 0.05) is 21.3 Å². The van der Waals surface area contributed by atoms with E-state index >= 15 is 0 Å². The minimum atomic E-state index is -1.67. The predicted octanol–water partition coefficient (Wildman–Crippen LogP) is 0.368. The Labute approximate surface area is 102 Å². The lowest BCUT2D eigenvalue weighted by molar-refractivity contribution is 0.163. The van der Waals surface area contributed by atoms with E-state index in [4.69, 9.17) is 19.0 Å². The van der Waals surface area contributed by atoms with Gasteiger partial charge in [-0.15, -0.1) is 0 Å². The molecule has 0 saturated carbocycles. The first-order valence-electron chi connectivity index (χ1n) is 5.69. The Morgan fingerprint density at radius 1 is 0.938 bits per heavy atom. The molecule has 16 heavy (non-hydrogen) atoms. The highest BCUT2D eigenvalue weighted by molar-refractivity contribution is 6.36. The minimum Gasteiger partial charge on any atom is -0.379 e. The fourth-order valence-corrected chi connectivity index (χ4v) is 1.67. The highest BCUT2D eigenvalue weighted by Gasteiger charge is 2.04. The van der Waals surface area contributed by atoms with Crippen LogP contribution in [0.15, 0.2) is 0 Å². The number of unbranched alkanes of at least 4 members (excludes halogenated alkanes) is 3. The van der Waals surface area contributed by atoms with Gasteiger partial charge in [-0.05, 0) is 33.0 Å². The standard InChI is InChI=1S/C7H18N2.C3H10O3Si/c1-9-7-5-3-2-4-6-8;1-4-7(5-2)6-3/h9H,2-8H2,1H3;7H,1-3H3. The molecule has 0 aliphatic carbocycles. The molecule has 0 rings (SSSR count). The summed E-state index contributed by atoms with van der Waals surface area (Å²) >= 11 is 0. The van der Waals surface area contributed by atoms with E-state index in [0.717, 1.165) is 13.1 Å². The van der Waals surface area contributed by atoms with Crippen molar-refractivity contribution in [2.75, 3.05) is 41.5 Å². The summed E-state index contributed by atoms with van der Waals surface area (Å²) in [5, 5.41) is 3.11. The van der Waals surface area contributed by atoms with Crippen LogP contribution in [0.25, 0.3) is 0 Å². The fraction of sp³-hybridized carbons (Fsp3) is 1.00. The fourth-order valence-electron chi connectivity index (χ4n) is 1.09. The van der Waals surface area contributed by atoms with Crippen molar-refractivity contribution in [2.24, 2.45) is 5.73 Å². The molecule has 0 aromatic heterocycles. The van der Waals surface area contributed by atoms with Crippen LogP contribution >= 0.6 is 0 Å². The molecular formula is C10H28N2O3Si. The van der Waals surface area contributed by atoms with E-state index in [1.807, 2.05) is 7.05 Å². The van der Waals surface area contributed by atoms with E-state index in [9.17, 15) is 0 Å². The molecule has 0 fully saturated rings. The third kappa shape index (κ3) is 16.4. The highest BCUT2D eigenvalue weighted by Crippen LogP contribution is 1.96. The summed E-state index contributed by atoms with van der Waals surface area (Å²) in [6.07, 6.45) is 5.08. The van der Waals surface area contributed by atoms with Crippen LogP contribution in [0, 0.1) is 0 Å². The van der Waals surface area contributed by atoms with Crippen LogP contribution in [0.4, 0.5) is 0 Å². The molecule has 5 nitrogen and oxygen atoms in total. The molecule has 0 amide bonds. The van der Waals surface area contributed by atoms with Crippen LogP contribution in [-0.4, -0.2) is 51.0 Å². The number of nitrogens with one attached hydrogen (secondary N) is 1. The summed E-state index contributed by atoms with van der Waals surface area (Å²) in [5.41, 5.74) is 5.33. The van der Waals surface area contributed by atoms with Crippen molar-refractivity contribution in [3.8, 4) is 0 Å². The van der Waals surface area contributed by atoms with Crippen LogP contribution in [0.1, 0.15) is 25.7 Å². The van der Waals surface area contributed by atoms with E-state index in [0.29, 0.717) is 0 Å². The van der Waals surface area contributed by atoms with Gasteiger partial charge in [0.1, 0.15) is 0 Å². The first kappa shape index (κ1) is 18.4. The van der Waals surface area contributed by atoms with E-state index in [2.05, 4.69) is 5.32 Å². The van der Waals surface area contributed by atoms with Crippen molar-refractivity contribution in [2.45, 2.75) is 25.7 Å². The lowest BCUT2D eigenvalue weighted by atomic mass is 10.2. The molecule has 6 heteroatoms. The summed E-state index contributed by atoms with van der Waals surface area (Å²) in [4.78, 5) is 0. The van der Waals surface area contributed by atoms with Gasteiger partial charge in [-0.1, -0.05) is 12.8 Å². The summed E-state index contributed by atoms with van der Waals surface area (Å²) in [7, 11) is 5.04. The Bertz CT molecular complexity index is 105. The van der Waals surface area contributed by atoms with E-state index in [1.54, 1.807) is 21.3 Å². The first-order valence-corrected chi connectivity index (χ1v) is 7.11. The molecule has 0 aliphatic rings. The van der Waals surface area contributed by atoms with Gasteiger partial charge in [0.2, 0.25) is 0 Å². The van der Waals surface area contributed by atoms with Gasteiger partial charge < -0.3 is 24.3 Å². The second-order valence-electron chi connectivity index (χ2n) is 3.30. The second-order valence-corrected chi connectivity index (χ2v) is 5.29. The molecule has 0 heterocycles. The van der Waals surface area contributed by atoms with Crippen molar-refractivity contribution in [1.82, 2.24) is 5.32 Å². The van der Waals surface area contributed by atoms with Gasteiger partial charge in [0.25, 0.3) is 0 Å². The van der Waals surface area contributed by atoms with Crippen molar-refractivity contribution in [3.05, 3.63) is 0 Å². The first-order chi connectivity index (χ1) is 7.76. The smallest absolute Gasteiger partial charge is 0.379 e. The SMILES string of the molecule is CNCCCCCCN.CO[SiH](OC)OC. The van der Waals surface area contributed by atoms with Gasteiger partial charge in [-0.3, -0.25) is 0 Å². The van der Waals surface area contributed by atoms with Gasteiger partial charge in [0.05, 0.1) is 0 Å². The largest absolute Gasteiger partial charge is 0.483 e. The topological polar surface area (TPSA) is 65.7 Å². The normalized spacial score (nSPS) is 10.1. The Kier molecular flexibility index (Phi) is 20.0. The Morgan fingerprint density at radius 3 is 1.75 bits per heavy atom. The van der Waals surface area contributed by atoms with Crippen LogP contribution in [0.2, 0.25) is 0 Å². The van der Waals surface area contributed by atoms with Crippen molar-refractivity contribution < 1.29 is 13.3 Å². The van der Waals surface area contributed by atoms with Gasteiger partial charge in [0.15, 0.2) is 0 Å². The maximum Gasteiger partial charge on any atom is 0.483 e. The molecular weight excluding hydrogens is 224 g/mol. The van der Waals surface area contributed by atoms with Crippen LogP contribution in [0.5, 0.6) is 0 Å². The average molecular weight is 252 g/mol. The monoisotopic (exact) mass is 252 g/mol. The molecule has 0 unspecified atom stereocenters. The molecule has 0 aliphatic heterocycles. The zero-order valence-corrected chi connectivity index (χ0v) is 12.3. The number of rotatable bonds is 9. The summed E-state index contributed by atoms with van der Waals surface area (Å²) in [5.74, 6) is 0. The summed E-state index contributed by atoms with van der Waals surface area (Å²) < 4.78 is 14.2. The lowest BCUT2D eigenvalue weighted by Crippen LogP contribution is -2.21. The third-order valence-electron chi connectivity index (χ3n) is 1.96. The number of hydrogen-bond donors (Lipinski definition) is 2. The highest BCUT2D eigenvalue weighted by atomic mass is 28.3. The maximum absolute atomic E-state index is 5.33. The van der Waals surface area contributed by atoms with Gasteiger partial charge in [-0.2, -0.15) is 0 Å². The van der Waals surface area contributed by atoms with Crippen molar-refractivity contribution in [1.29, 1.82) is 0 Å². The summed E-state index contributed by atoms with van der Waals surface area (Å²) in [6, 6.07) is 0. The molecule has 0 aromatic carbocycles. The number of hydrogen-bond acceptors (Lipinski definition) is 5. The zero-order chi connectivity index (χ0) is 12.6. The Morgan fingerprint density at radius 2 is 1.44 bits per heavy atom. The van der Waals surface area contributed by atoms with Crippen molar-refractivity contribution >= 4 is 9.53 Å². The third-order valence-corrected chi connectivity index (χ3v) is 3.11. The van der Waals surface area contributed by atoms with Gasteiger partial charge >= 0.3 is 9.53 Å². The molecule has 100 valence electrons. The molecule has 0 spiro atoms. The molecule has 0 bridgehead atoms. The molecule has 3 N–H and O–H groups in total. The quantitative estimate of drug-likeness (QED) is 0.458. The number of nitrogens with two attached hydrogens (primary N) is 1. The van der Waals surface area contributed by atoms with Crippen LogP contribution < -0.4 is 11.1 Å². The predicted molar refractivity (Wildman–Crippen MR) is 69.6 cm³/mol. The summed E-state index contributed by atoms with van der Waals surface area (Å²) in [6.45, 7) is 1.99. The van der Waals surface area contributed by atoms with E-state index < -0.39 is 9.53 Å². The van der Waals surface area contributed by atoms with E-state index in [-0.39, 0.29) is 0 Å². The van der Waals surface area contributed by atoms with Gasteiger partial charge in [-0.25, -0.2) is 0 Å². The molecule has 0 saturated heterocycles. The Balaban J connectivity index is 0. The minimum absolute atomic E-state index is 0.847. The molecule has 0 atom stereocenters. The maximum atomic E-state index is 5.33. The van der Waals surface area contributed by atoms with Crippen LogP contribution in [-0.2, 0) is 13.3 Å². The lowest BCUT2D eigenvalue weighted by Gasteiger charge is -2.05. The molecule has 0 radical (unpaired) electrons.